The second-order valence-corrected chi connectivity index (χ2v) is 8.73. The normalized spacial score (nSPS) is 13.1. The molecule has 0 spiro atoms. The quantitative estimate of drug-likeness (QED) is 0.306. The van der Waals surface area contributed by atoms with Crippen molar-refractivity contribution in [1.29, 1.82) is 0 Å². The lowest BCUT2D eigenvalue weighted by molar-refractivity contribution is 1.19. The number of hydrogen-bond acceptors (Lipinski definition) is 1. The van der Waals surface area contributed by atoms with E-state index in [9.17, 15) is 0 Å². The molecule has 0 aliphatic carbocycles. The maximum atomic E-state index is 4.66. The van der Waals surface area contributed by atoms with Crippen LogP contribution in [-0.2, 0) is 0 Å². The molecule has 0 saturated heterocycles. The Morgan fingerprint density at radius 2 is 1.56 bits per heavy atom. The van der Waals surface area contributed by atoms with E-state index in [0.29, 0.717) is 0 Å². The van der Waals surface area contributed by atoms with Gasteiger partial charge in [-0.05, 0) is 98.5 Å². The summed E-state index contributed by atoms with van der Waals surface area (Å²) >= 11 is 0. The van der Waals surface area contributed by atoms with E-state index in [4.69, 9.17) is 0 Å². The van der Waals surface area contributed by atoms with Crippen LogP contribution in [0.25, 0.3) is 34.7 Å². The Morgan fingerprint density at radius 3 is 2.41 bits per heavy atom. The number of pyridine rings is 1. The number of nitrogens with one attached hydrogen (secondary N) is 4. The molecule has 5 heteroatoms. The third kappa shape index (κ3) is 2.82. The summed E-state index contributed by atoms with van der Waals surface area (Å²) in [6.45, 7) is 8.71. The first-order valence-corrected chi connectivity index (χ1v) is 10.9. The molecule has 0 radical (unpaired) electrons. The van der Waals surface area contributed by atoms with Gasteiger partial charge in [0.25, 0.3) is 0 Å². The summed E-state index contributed by atoms with van der Waals surface area (Å²) in [6.07, 6.45) is 8.32. The Kier molecular flexibility index (Phi) is 3.96. The van der Waals surface area contributed by atoms with E-state index < -0.39 is 0 Å². The molecule has 0 unspecified atom stereocenters. The van der Waals surface area contributed by atoms with Crippen LogP contribution in [0, 0.1) is 20.8 Å². The van der Waals surface area contributed by atoms with Crippen LogP contribution < -0.4 is 21.4 Å². The standard InChI is InChI=1S/C27H25N5/c1-14-10-20-11-18-7-8-19(29-18)12-24-27-21(6-5-9-28-27)23(31-24)13-22-15(2)16(3)26(32-22)17(4)25(14)30-20/h5-13,29-32H,1-4H3. The number of aromatic nitrogens is 5. The van der Waals surface area contributed by atoms with Crippen molar-refractivity contribution < 1.29 is 0 Å². The van der Waals surface area contributed by atoms with Crippen LogP contribution in [0.2, 0.25) is 0 Å². The number of aromatic amines is 4. The largest absolute Gasteiger partial charge is 0.355 e. The minimum absolute atomic E-state index is 0.969. The smallest absolute Gasteiger partial charge is 0.0958 e. The second kappa shape index (κ2) is 6.76. The lowest BCUT2D eigenvalue weighted by atomic mass is 10.1. The van der Waals surface area contributed by atoms with E-state index in [1.165, 1.54) is 28.0 Å². The van der Waals surface area contributed by atoms with Gasteiger partial charge in [0, 0.05) is 45.1 Å². The van der Waals surface area contributed by atoms with Gasteiger partial charge in [-0.1, -0.05) is 0 Å². The molecule has 5 aromatic heterocycles. The molecular formula is C27H25N5. The molecule has 4 N–H and O–H groups in total. The number of fused-ring (bicyclic) bond motifs is 11. The van der Waals surface area contributed by atoms with E-state index in [2.05, 4.69) is 95.1 Å². The fourth-order valence-corrected chi connectivity index (χ4v) is 4.80. The van der Waals surface area contributed by atoms with Crippen LogP contribution >= 0.6 is 0 Å². The Bertz CT molecular complexity index is 1770. The lowest BCUT2D eigenvalue weighted by Crippen LogP contribution is -2.15. The Hall–Kier alpha value is -3.99. The van der Waals surface area contributed by atoms with Crippen LogP contribution in [-0.4, -0.2) is 24.9 Å². The number of hydrogen-bond donors (Lipinski definition) is 4. The van der Waals surface area contributed by atoms with Gasteiger partial charge in [0.2, 0.25) is 0 Å². The van der Waals surface area contributed by atoms with E-state index in [0.717, 1.165) is 49.4 Å². The second-order valence-electron chi connectivity index (χ2n) is 8.73. The Labute approximate surface area is 184 Å². The fraction of sp³-hybridized carbons (Fsp3) is 0.148. The van der Waals surface area contributed by atoms with Gasteiger partial charge in [-0.2, -0.15) is 0 Å². The summed E-state index contributed by atoms with van der Waals surface area (Å²) in [4.78, 5) is 19.1. The van der Waals surface area contributed by atoms with Crippen LogP contribution in [0.15, 0.2) is 36.5 Å². The average Bonchev–Trinajstić information content (AvgIpc) is 3.52. The monoisotopic (exact) mass is 419 g/mol. The summed E-state index contributed by atoms with van der Waals surface area (Å²) in [5.74, 6) is 0. The van der Waals surface area contributed by atoms with Crippen LogP contribution in [0.4, 0.5) is 0 Å². The van der Waals surface area contributed by atoms with Crippen LogP contribution in [0.1, 0.15) is 46.4 Å². The van der Waals surface area contributed by atoms with Crippen molar-refractivity contribution in [1.82, 2.24) is 24.9 Å². The van der Waals surface area contributed by atoms with Gasteiger partial charge in [-0.3, -0.25) is 4.98 Å². The van der Waals surface area contributed by atoms with E-state index in [-0.39, 0.29) is 0 Å². The molecule has 5 nitrogen and oxygen atoms in total. The molecule has 6 rings (SSSR count). The number of nitrogens with zero attached hydrogens (tertiary/aromatic N) is 1. The SMILES string of the molecule is CC1=c2[nH]c(cc2C)=Cc2ccc([nH]2)C=c2[nH]c(c3cccnc23)=Cc2[nH]c1c(C)c2C. The lowest BCUT2D eigenvalue weighted by Gasteiger charge is -2.00. The molecule has 0 fully saturated rings. The molecule has 0 amide bonds. The highest BCUT2D eigenvalue weighted by Crippen LogP contribution is 2.23. The molecule has 0 atom stereocenters. The molecule has 32 heavy (non-hydrogen) atoms. The highest BCUT2D eigenvalue weighted by atomic mass is 14.8. The van der Waals surface area contributed by atoms with Gasteiger partial charge < -0.3 is 19.9 Å². The minimum Gasteiger partial charge on any atom is -0.355 e. The van der Waals surface area contributed by atoms with Crippen molar-refractivity contribution in [3.8, 4) is 0 Å². The summed E-state index contributed by atoms with van der Waals surface area (Å²) in [5.41, 5.74) is 10.3. The Balaban J connectivity index is 1.78. The zero-order valence-corrected chi connectivity index (χ0v) is 18.6. The van der Waals surface area contributed by atoms with E-state index in [1.807, 2.05) is 12.3 Å². The fourth-order valence-electron chi connectivity index (χ4n) is 4.80. The third-order valence-corrected chi connectivity index (χ3v) is 6.64. The molecule has 5 aromatic rings. The third-order valence-electron chi connectivity index (χ3n) is 6.64. The predicted octanol–water partition coefficient (Wildman–Crippen LogP) is 2.49. The molecule has 158 valence electrons. The molecule has 1 aliphatic heterocycles. The van der Waals surface area contributed by atoms with Crippen molar-refractivity contribution in [2.45, 2.75) is 27.7 Å². The number of rotatable bonds is 0. The van der Waals surface area contributed by atoms with Crippen molar-refractivity contribution in [3.63, 3.8) is 0 Å². The van der Waals surface area contributed by atoms with Gasteiger partial charge in [-0.25, -0.2) is 0 Å². The number of H-pyrrole nitrogens is 4. The summed E-state index contributed by atoms with van der Waals surface area (Å²) in [7, 11) is 0. The van der Waals surface area contributed by atoms with Crippen molar-refractivity contribution in [3.05, 3.63) is 97.4 Å². The van der Waals surface area contributed by atoms with Crippen molar-refractivity contribution in [2.75, 3.05) is 0 Å². The molecule has 1 aliphatic rings. The zero-order chi connectivity index (χ0) is 22.0. The van der Waals surface area contributed by atoms with Gasteiger partial charge in [-0.15, -0.1) is 0 Å². The summed E-state index contributed by atoms with van der Waals surface area (Å²) in [5, 5.41) is 5.40. The average molecular weight is 420 g/mol. The van der Waals surface area contributed by atoms with Gasteiger partial charge in [0.05, 0.1) is 16.2 Å². The van der Waals surface area contributed by atoms with Crippen molar-refractivity contribution in [2.24, 2.45) is 0 Å². The zero-order valence-electron chi connectivity index (χ0n) is 18.6. The Morgan fingerprint density at radius 1 is 0.750 bits per heavy atom. The first-order chi connectivity index (χ1) is 15.5. The van der Waals surface area contributed by atoms with Crippen LogP contribution in [0.5, 0.6) is 0 Å². The van der Waals surface area contributed by atoms with E-state index in [1.54, 1.807) is 0 Å². The highest BCUT2D eigenvalue weighted by molar-refractivity contribution is 5.82. The first-order valence-electron chi connectivity index (χ1n) is 10.9. The van der Waals surface area contributed by atoms with Gasteiger partial charge in [0.15, 0.2) is 0 Å². The topological polar surface area (TPSA) is 76.0 Å². The minimum atomic E-state index is 0.969. The maximum Gasteiger partial charge on any atom is 0.0958 e. The van der Waals surface area contributed by atoms with Crippen molar-refractivity contribution >= 4 is 34.7 Å². The molecule has 0 saturated carbocycles. The highest BCUT2D eigenvalue weighted by Gasteiger charge is 2.13. The van der Waals surface area contributed by atoms with Crippen LogP contribution in [0.3, 0.4) is 0 Å². The van der Waals surface area contributed by atoms with Gasteiger partial charge >= 0.3 is 0 Å². The summed E-state index contributed by atoms with van der Waals surface area (Å²) < 4.78 is 0. The molecule has 0 aromatic carbocycles. The summed E-state index contributed by atoms with van der Waals surface area (Å²) in [6, 6.07) is 10.5. The van der Waals surface area contributed by atoms with Gasteiger partial charge in [0.1, 0.15) is 0 Å². The maximum absolute atomic E-state index is 4.66. The van der Waals surface area contributed by atoms with E-state index >= 15 is 0 Å². The first kappa shape index (κ1) is 18.8. The molecule has 8 bridgehead atoms. The molecule has 6 heterocycles. The predicted molar refractivity (Wildman–Crippen MR) is 130 cm³/mol. The number of aryl methyl sites for hydroxylation is 1. The molecular weight excluding hydrogens is 394 g/mol.